The maximum absolute atomic E-state index is 14.1. The Bertz CT molecular complexity index is 2030. The molecule has 196 valence electrons. The average Bonchev–Trinajstić information content (AvgIpc) is 3.53. The highest BCUT2D eigenvalue weighted by molar-refractivity contribution is 6.05. The quantitative estimate of drug-likeness (QED) is 0.329. The number of anilines is 1. The standard InChI is InChI=1S/C28H22N10O2/c1-17(31-27(39)24-22-13-15-30-35-38(22)34-25(24)29)26-32-21-10-6-7-18(11-12-19-14-16-36(2)33-19)23(21)28(40)37(26)20-8-4-3-5-9-20/h3-10,13-17H,1-2H3,(H2,29,34)(H,31,39)/t17-/m0/s1. The van der Waals surface area contributed by atoms with Crippen LogP contribution in [-0.2, 0) is 7.05 Å². The number of rotatable bonds is 4. The van der Waals surface area contributed by atoms with Gasteiger partial charge in [-0.1, -0.05) is 30.2 Å². The number of carbonyl (C=O) groups is 1. The van der Waals surface area contributed by atoms with E-state index >= 15 is 0 Å². The summed E-state index contributed by atoms with van der Waals surface area (Å²) < 4.78 is 4.34. The molecule has 1 atom stereocenters. The molecule has 3 N–H and O–H groups in total. The number of hydrogen-bond donors (Lipinski definition) is 2. The molecule has 1 amide bonds. The Balaban J connectivity index is 1.48. The number of amides is 1. The summed E-state index contributed by atoms with van der Waals surface area (Å²) in [7, 11) is 1.81. The number of nitrogen functional groups attached to an aromatic ring is 1. The monoisotopic (exact) mass is 530 g/mol. The van der Waals surface area contributed by atoms with Gasteiger partial charge in [-0.05, 0) is 54.5 Å². The number of nitrogens with one attached hydrogen (secondary N) is 1. The predicted octanol–water partition coefficient (Wildman–Crippen LogP) is 2.03. The molecule has 4 heterocycles. The van der Waals surface area contributed by atoms with Crippen molar-refractivity contribution in [3.05, 3.63) is 106 Å². The fourth-order valence-corrected chi connectivity index (χ4v) is 4.49. The summed E-state index contributed by atoms with van der Waals surface area (Å²) in [6.45, 7) is 1.75. The Morgan fingerprint density at radius 1 is 1.02 bits per heavy atom. The molecule has 2 aromatic carbocycles. The Hall–Kier alpha value is -5.83. The summed E-state index contributed by atoms with van der Waals surface area (Å²) in [5.41, 5.74) is 8.42. The van der Waals surface area contributed by atoms with Gasteiger partial charge < -0.3 is 11.1 Å². The van der Waals surface area contributed by atoms with Crippen LogP contribution in [0.3, 0.4) is 0 Å². The molecule has 12 heteroatoms. The molecule has 40 heavy (non-hydrogen) atoms. The van der Waals surface area contributed by atoms with E-state index in [9.17, 15) is 9.59 Å². The first-order chi connectivity index (χ1) is 19.4. The molecule has 6 aromatic rings. The van der Waals surface area contributed by atoms with Gasteiger partial charge in [-0.25, -0.2) is 4.98 Å². The first-order valence-electron chi connectivity index (χ1n) is 12.3. The number of nitrogens with two attached hydrogens (primary N) is 1. The maximum Gasteiger partial charge on any atom is 0.267 e. The smallest absolute Gasteiger partial charge is 0.267 e. The molecule has 0 aliphatic rings. The highest BCUT2D eigenvalue weighted by Crippen LogP contribution is 2.22. The van der Waals surface area contributed by atoms with Gasteiger partial charge in [0.2, 0.25) is 0 Å². The number of carbonyl (C=O) groups excluding carboxylic acids is 1. The van der Waals surface area contributed by atoms with E-state index in [1.54, 1.807) is 60.3 Å². The molecule has 4 aromatic heterocycles. The summed E-state index contributed by atoms with van der Waals surface area (Å²) in [6.07, 6.45) is 3.25. The second kappa shape index (κ2) is 9.80. The Morgan fingerprint density at radius 3 is 2.62 bits per heavy atom. The van der Waals surface area contributed by atoms with Gasteiger partial charge in [0.25, 0.3) is 11.5 Å². The maximum atomic E-state index is 14.1. The Morgan fingerprint density at radius 2 is 1.85 bits per heavy atom. The molecule has 0 bridgehead atoms. The van der Waals surface area contributed by atoms with Crippen molar-refractivity contribution in [3.8, 4) is 17.5 Å². The van der Waals surface area contributed by atoms with Crippen LogP contribution in [0.1, 0.15) is 40.4 Å². The molecule has 6 rings (SSSR count). The van der Waals surface area contributed by atoms with Gasteiger partial charge in [0.1, 0.15) is 22.6 Å². The summed E-state index contributed by atoms with van der Waals surface area (Å²) in [5.74, 6) is 5.95. The molecular formula is C28H22N10O2. The number of nitrogens with zero attached hydrogens (tertiary/aromatic N) is 8. The minimum atomic E-state index is -0.697. The minimum absolute atomic E-state index is 0.00763. The van der Waals surface area contributed by atoms with Crippen molar-refractivity contribution < 1.29 is 4.79 Å². The molecule has 0 saturated carbocycles. The van der Waals surface area contributed by atoms with Crippen molar-refractivity contribution in [3.63, 3.8) is 0 Å². The van der Waals surface area contributed by atoms with Crippen molar-refractivity contribution in [2.75, 3.05) is 5.73 Å². The number of benzene rings is 2. The van der Waals surface area contributed by atoms with Gasteiger partial charge in [-0.15, -0.1) is 14.8 Å². The van der Waals surface area contributed by atoms with Crippen LogP contribution < -0.4 is 16.6 Å². The first-order valence-corrected chi connectivity index (χ1v) is 12.3. The van der Waals surface area contributed by atoms with Crippen LogP contribution >= 0.6 is 0 Å². The summed E-state index contributed by atoms with van der Waals surface area (Å²) in [4.78, 5) is 32.3. The van der Waals surface area contributed by atoms with Gasteiger partial charge in [0, 0.05) is 18.8 Å². The fourth-order valence-electron chi connectivity index (χ4n) is 4.49. The summed E-state index contributed by atoms with van der Waals surface area (Å²) >= 11 is 0. The molecule has 12 nitrogen and oxygen atoms in total. The minimum Gasteiger partial charge on any atom is -0.381 e. The van der Waals surface area contributed by atoms with Crippen molar-refractivity contribution >= 4 is 28.1 Å². The molecule has 0 aliphatic carbocycles. The van der Waals surface area contributed by atoms with Gasteiger partial charge in [0.05, 0.1) is 28.8 Å². The van der Waals surface area contributed by atoms with Crippen LogP contribution in [0, 0.1) is 11.8 Å². The van der Waals surface area contributed by atoms with Crippen LogP contribution in [0.4, 0.5) is 5.82 Å². The second-order valence-electron chi connectivity index (χ2n) is 9.02. The lowest BCUT2D eigenvalue weighted by Crippen LogP contribution is -2.33. The van der Waals surface area contributed by atoms with Crippen LogP contribution in [0.5, 0.6) is 0 Å². The van der Waals surface area contributed by atoms with E-state index in [-0.39, 0.29) is 16.9 Å². The third kappa shape index (κ3) is 4.31. The highest BCUT2D eigenvalue weighted by atomic mass is 16.2. The summed E-state index contributed by atoms with van der Waals surface area (Å²) in [6, 6.07) is 17.1. The van der Waals surface area contributed by atoms with Gasteiger partial charge >= 0.3 is 0 Å². The SMILES string of the molecule is C[C@H](NC(=O)c1c(N)nn2nnccc12)c1nc2cccc(C#Cc3ccn(C)n3)c2c(=O)n1-c1ccccc1. The topological polar surface area (TPSA) is 151 Å². The number of aryl methyl sites for hydroxylation is 1. The van der Waals surface area contributed by atoms with Crippen LogP contribution in [0.25, 0.3) is 22.1 Å². The van der Waals surface area contributed by atoms with Crippen LogP contribution in [-0.4, -0.2) is 45.3 Å². The summed E-state index contributed by atoms with van der Waals surface area (Å²) in [5, 5.41) is 19.2. The lowest BCUT2D eigenvalue weighted by Gasteiger charge is -2.20. The second-order valence-corrected chi connectivity index (χ2v) is 9.02. The van der Waals surface area contributed by atoms with E-state index in [4.69, 9.17) is 10.7 Å². The van der Waals surface area contributed by atoms with Crippen molar-refractivity contribution in [2.24, 2.45) is 7.05 Å². The zero-order valence-corrected chi connectivity index (χ0v) is 21.5. The Labute approximate surface area is 227 Å². The number of para-hydroxylation sites is 1. The largest absolute Gasteiger partial charge is 0.381 e. The number of aromatic nitrogens is 8. The molecule has 0 spiro atoms. The lowest BCUT2D eigenvalue weighted by atomic mass is 10.1. The van der Waals surface area contributed by atoms with E-state index in [1.165, 1.54) is 15.4 Å². The molecule has 0 aliphatic heterocycles. The highest BCUT2D eigenvalue weighted by Gasteiger charge is 2.24. The van der Waals surface area contributed by atoms with E-state index in [0.717, 1.165) is 0 Å². The lowest BCUT2D eigenvalue weighted by molar-refractivity contribution is 0.0940. The van der Waals surface area contributed by atoms with Crippen molar-refractivity contribution in [1.29, 1.82) is 0 Å². The van der Waals surface area contributed by atoms with Crippen LogP contribution in [0.2, 0.25) is 0 Å². The van der Waals surface area contributed by atoms with Crippen molar-refractivity contribution in [1.82, 2.24) is 44.7 Å². The van der Waals surface area contributed by atoms with Crippen molar-refractivity contribution in [2.45, 2.75) is 13.0 Å². The Kier molecular flexibility index (Phi) is 6.01. The third-order valence-electron chi connectivity index (χ3n) is 6.30. The molecule has 0 radical (unpaired) electrons. The van der Waals surface area contributed by atoms with Gasteiger partial charge in [0.15, 0.2) is 5.82 Å². The molecule has 0 unspecified atom stereocenters. The zero-order chi connectivity index (χ0) is 27.8. The first kappa shape index (κ1) is 24.5. The number of hydrogen-bond acceptors (Lipinski definition) is 8. The van der Waals surface area contributed by atoms with E-state index in [1.807, 2.05) is 25.2 Å². The van der Waals surface area contributed by atoms with Gasteiger partial charge in [-0.3, -0.25) is 18.8 Å². The predicted molar refractivity (Wildman–Crippen MR) is 148 cm³/mol. The van der Waals surface area contributed by atoms with Crippen LogP contribution in [0.15, 0.2) is 77.9 Å². The van der Waals surface area contributed by atoms with E-state index in [0.29, 0.717) is 39.2 Å². The van der Waals surface area contributed by atoms with Gasteiger partial charge in [-0.2, -0.15) is 5.10 Å². The molecule has 0 saturated heterocycles. The van der Waals surface area contributed by atoms with E-state index < -0.39 is 11.9 Å². The molecule has 0 fully saturated rings. The van der Waals surface area contributed by atoms with E-state index in [2.05, 4.69) is 37.7 Å². The zero-order valence-electron chi connectivity index (χ0n) is 21.5. The third-order valence-corrected chi connectivity index (χ3v) is 6.30. The number of fused-ring (bicyclic) bond motifs is 2. The fraction of sp³-hybridized carbons (Fsp3) is 0.107. The normalized spacial score (nSPS) is 11.8. The molecular weight excluding hydrogens is 508 g/mol. The average molecular weight is 531 g/mol.